The average Bonchev–Trinajstić information content (AvgIpc) is 2.89. The summed E-state index contributed by atoms with van der Waals surface area (Å²) in [5.74, 6) is 1.63. The molecule has 4 unspecified atom stereocenters. The van der Waals surface area contributed by atoms with Crippen LogP contribution in [0, 0.1) is 23.2 Å². The van der Waals surface area contributed by atoms with Gasteiger partial charge in [-0.05, 0) is 49.9 Å². The van der Waals surface area contributed by atoms with Crippen LogP contribution in [-0.2, 0) is 4.79 Å². The fraction of sp³-hybridized carbons (Fsp3) is 0.929. The number of hydrogen-bond donors (Lipinski definition) is 2. The number of rotatable bonds is 6. The number of carboxylic acid groups (broad SMARTS) is 1. The molecule has 3 nitrogen and oxygen atoms in total. The van der Waals surface area contributed by atoms with Crippen LogP contribution in [0.2, 0.25) is 0 Å². The summed E-state index contributed by atoms with van der Waals surface area (Å²) in [6, 6.07) is 0. The van der Waals surface area contributed by atoms with Gasteiger partial charge >= 0.3 is 5.97 Å². The minimum atomic E-state index is -0.676. The Morgan fingerprint density at radius 2 is 2.18 bits per heavy atom. The molecule has 0 aromatic carbocycles. The van der Waals surface area contributed by atoms with Gasteiger partial charge in [0.2, 0.25) is 0 Å². The average molecular weight is 239 g/mol. The van der Waals surface area contributed by atoms with Gasteiger partial charge in [0.15, 0.2) is 0 Å². The van der Waals surface area contributed by atoms with Crippen molar-refractivity contribution in [3.05, 3.63) is 0 Å². The number of aliphatic carboxylic acids is 1. The van der Waals surface area contributed by atoms with Crippen molar-refractivity contribution in [2.45, 2.75) is 51.9 Å². The second-order valence-corrected chi connectivity index (χ2v) is 6.18. The van der Waals surface area contributed by atoms with Gasteiger partial charge < -0.3 is 10.8 Å². The molecular formula is C14H25NO2. The lowest BCUT2D eigenvalue weighted by molar-refractivity contribution is -0.150. The van der Waals surface area contributed by atoms with Gasteiger partial charge in [0.1, 0.15) is 0 Å². The van der Waals surface area contributed by atoms with Crippen molar-refractivity contribution >= 4 is 5.97 Å². The van der Waals surface area contributed by atoms with Crippen LogP contribution in [-0.4, -0.2) is 17.6 Å². The Hall–Kier alpha value is -0.570. The smallest absolute Gasteiger partial charge is 0.310 e. The molecule has 4 atom stereocenters. The van der Waals surface area contributed by atoms with Gasteiger partial charge in [-0.1, -0.05) is 19.8 Å². The third-order valence-electron chi connectivity index (χ3n) is 5.11. The van der Waals surface area contributed by atoms with Crippen molar-refractivity contribution in [3.8, 4) is 0 Å². The molecule has 0 aliphatic heterocycles. The summed E-state index contributed by atoms with van der Waals surface area (Å²) in [4.78, 5) is 11.6. The maximum Gasteiger partial charge on any atom is 0.310 e. The molecule has 0 radical (unpaired) electrons. The Balaban J connectivity index is 2.04. The molecule has 0 spiro atoms. The molecule has 2 saturated carbocycles. The molecule has 3 N–H and O–H groups in total. The Morgan fingerprint density at radius 3 is 2.59 bits per heavy atom. The Bertz CT molecular complexity index is 292. The molecular weight excluding hydrogens is 214 g/mol. The van der Waals surface area contributed by atoms with E-state index in [-0.39, 0.29) is 0 Å². The third kappa shape index (κ3) is 2.35. The van der Waals surface area contributed by atoms with Gasteiger partial charge in [0.25, 0.3) is 0 Å². The first-order valence-electron chi connectivity index (χ1n) is 7.04. The predicted molar refractivity (Wildman–Crippen MR) is 67.6 cm³/mol. The first-order chi connectivity index (χ1) is 8.11. The first kappa shape index (κ1) is 12.9. The predicted octanol–water partition coefficient (Wildman–Crippen LogP) is 2.64. The van der Waals surface area contributed by atoms with Gasteiger partial charge in [0.05, 0.1) is 5.41 Å². The lowest BCUT2D eigenvalue weighted by Gasteiger charge is -2.33. The van der Waals surface area contributed by atoms with E-state index in [4.69, 9.17) is 5.73 Å². The Labute approximate surface area is 104 Å². The first-order valence-corrected chi connectivity index (χ1v) is 7.04. The zero-order chi connectivity index (χ0) is 12.5. The summed E-state index contributed by atoms with van der Waals surface area (Å²) in [6.45, 7) is 2.35. The molecule has 0 saturated heterocycles. The van der Waals surface area contributed by atoms with Crippen molar-refractivity contribution in [1.82, 2.24) is 0 Å². The van der Waals surface area contributed by atoms with E-state index >= 15 is 0 Å². The molecule has 0 aromatic heterocycles. The Morgan fingerprint density at radius 1 is 1.41 bits per heavy atom. The highest BCUT2D eigenvalue weighted by Gasteiger charge is 2.46. The minimum absolute atomic E-state index is 0.296. The highest BCUT2D eigenvalue weighted by atomic mass is 16.4. The van der Waals surface area contributed by atoms with E-state index in [1.54, 1.807) is 0 Å². The summed E-state index contributed by atoms with van der Waals surface area (Å²) < 4.78 is 0. The molecule has 3 heteroatoms. The molecule has 2 rings (SSSR count). The van der Waals surface area contributed by atoms with Crippen molar-refractivity contribution < 1.29 is 9.90 Å². The summed E-state index contributed by atoms with van der Waals surface area (Å²) in [5.41, 5.74) is 5.14. The number of nitrogens with two attached hydrogens (primary N) is 1. The van der Waals surface area contributed by atoms with Crippen molar-refractivity contribution in [2.24, 2.45) is 28.9 Å². The maximum atomic E-state index is 11.6. The van der Waals surface area contributed by atoms with E-state index < -0.39 is 11.4 Å². The summed E-state index contributed by atoms with van der Waals surface area (Å²) >= 11 is 0. The van der Waals surface area contributed by atoms with Gasteiger partial charge in [-0.2, -0.15) is 0 Å². The number of hydrogen-bond acceptors (Lipinski definition) is 2. The zero-order valence-corrected chi connectivity index (χ0v) is 10.8. The molecule has 98 valence electrons. The number of carbonyl (C=O) groups is 1. The second kappa shape index (κ2) is 4.97. The zero-order valence-electron chi connectivity index (χ0n) is 10.8. The second-order valence-electron chi connectivity index (χ2n) is 6.18. The number of fused-ring (bicyclic) bond motifs is 2. The van der Waals surface area contributed by atoms with Gasteiger partial charge in [-0.25, -0.2) is 0 Å². The van der Waals surface area contributed by atoms with E-state index in [9.17, 15) is 9.90 Å². The normalized spacial score (nSPS) is 34.8. The standard InChI is InChI=1S/C14H25NO2/c1-2-5-14(9-15,13(16)17)8-12-7-10-3-4-11(12)6-10/h10-12H,2-9,15H2,1H3,(H,16,17). The van der Waals surface area contributed by atoms with Crippen molar-refractivity contribution in [3.63, 3.8) is 0 Å². The number of carboxylic acids is 1. The van der Waals surface area contributed by atoms with Crippen LogP contribution in [0.1, 0.15) is 51.9 Å². The van der Waals surface area contributed by atoms with E-state index in [1.165, 1.54) is 25.7 Å². The minimum Gasteiger partial charge on any atom is -0.481 e. The van der Waals surface area contributed by atoms with Crippen molar-refractivity contribution in [2.75, 3.05) is 6.54 Å². The van der Waals surface area contributed by atoms with E-state index in [2.05, 4.69) is 0 Å². The maximum absolute atomic E-state index is 11.6. The summed E-state index contributed by atoms with van der Waals surface area (Å²) in [6.07, 6.45) is 7.74. The molecule has 2 bridgehead atoms. The van der Waals surface area contributed by atoms with Crippen LogP contribution >= 0.6 is 0 Å². The molecule has 0 aromatic rings. The van der Waals surface area contributed by atoms with Crippen LogP contribution < -0.4 is 5.73 Å². The van der Waals surface area contributed by atoms with E-state index in [0.717, 1.165) is 31.1 Å². The summed E-state index contributed by atoms with van der Waals surface area (Å²) in [7, 11) is 0. The molecule has 17 heavy (non-hydrogen) atoms. The fourth-order valence-electron chi connectivity index (χ4n) is 4.18. The topological polar surface area (TPSA) is 63.3 Å². The highest BCUT2D eigenvalue weighted by molar-refractivity contribution is 5.75. The lowest BCUT2D eigenvalue weighted by Crippen LogP contribution is -2.41. The van der Waals surface area contributed by atoms with Crippen LogP contribution in [0.4, 0.5) is 0 Å². The molecule has 0 amide bonds. The van der Waals surface area contributed by atoms with Crippen LogP contribution in [0.3, 0.4) is 0 Å². The largest absolute Gasteiger partial charge is 0.481 e. The van der Waals surface area contributed by atoms with Crippen LogP contribution in [0.15, 0.2) is 0 Å². The quantitative estimate of drug-likeness (QED) is 0.749. The molecule has 2 aliphatic rings. The van der Waals surface area contributed by atoms with Gasteiger partial charge in [0, 0.05) is 6.54 Å². The van der Waals surface area contributed by atoms with E-state index in [1.807, 2.05) is 6.92 Å². The van der Waals surface area contributed by atoms with Crippen LogP contribution in [0.5, 0.6) is 0 Å². The Kier molecular flexibility index (Phi) is 3.76. The van der Waals surface area contributed by atoms with Gasteiger partial charge in [-0.15, -0.1) is 0 Å². The molecule has 2 aliphatic carbocycles. The molecule has 2 fully saturated rings. The SMILES string of the molecule is CCCC(CN)(CC1CC2CCC1C2)C(=O)O. The van der Waals surface area contributed by atoms with E-state index in [0.29, 0.717) is 12.5 Å². The van der Waals surface area contributed by atoms with Crippen LogP contribution in [0.25, 0.3) is 0 Å². The molecule has 0 heterocycles. The third-order valence-corrected chi connectivity index (χ3v) is 5.11. The van der Waals surface area contributed by atoms with Crippen molar-refractivity contribution in [1.29, 1.82) is 0 Å². The van der Waals surface area contributed by atoms with Gasteiger partial charge in [-0.3, -0.25) is 4.79 Å². The lowest BCUT2D eigenvalue weighted by atomic mass is 9.71. The monoisotopic (exact) mass is 239 g/mol. The highest BCUT2D eigenvalue weighted by Crippen LogP contribution is 2.52. The summed E-state index contributed by atoms with van der Waals surface area (Å²) in [5, 5.41) is 9.51. The fourth-order valence-corrected chi connectivity index (χ4v) is 4.18.